The maximum absolute atomic E-state index is 2.43. The van der Waals surface area contributed by atoms with Gasteiger partial charge in [0.05, 0.1) is 0 Å². The second-order valence-electron chi connectivity index (χ2n) is 6.31. The minimum absolute atomic E-state index is 0.546. The van der Waals surface area contributed by atoms with Crippen LogP contribution < -0.4 is 0 Å². The molecule has 0 nitrogen and oxygen atoms in total. The second-order valence-corrected chi connectivity index (χ2v) is 6.31. The quantitative estimate of drug-likeness (QED) is 0.486. The molecule has 0 aliphatic carbocycles. The highest BCUT2D eigenvalue weighted by molar-refractivity contribution is 4.71. The van der Waals surface area contributed by atoms with Gasteiger partial charge in [-0.15, -0.1) is 0 Å². The van der Waals surface area contributed by atoms with Gasteiger partial charge in [-0.05, 0) is 30.1 Å². The fourth-order valence-electron chi connectivity index (χ4n) is 2.53. The molecule has 15 heavy (non-hydrogen) atoms. The molecule has 0 radical (unpaired) electrons. The van der Waals surface area contributed by atoms with Crippen LogP contribution in [0.2, 0.25) is 0 Å². The third-order valence-electron chi connectivity index (χ3n) is 3.71. The van der Waals surface area contributed by atoms with Crippen LogP contribution in [0, 0.1) is 17.3 Å². The Labute approximate surface area is 97.8 Å². The van der Waals surface area contributed by atoms with Crippen molar-refractivity contribution in [3.8, 4) is 0 Å². The van der Waals surface area contributed by atoms with Gasteiger partial charge >= 0.3 is 0 Å². The number of hydrogen-bond acceptors (Lipinski definition) is 0. The predicted octanol–water partition coefficient (Wildman–Crippen LogP) is 5.67. The summed E-state index contributed by atoms with van der Waals surface area (Å²) in [6, 6.07) is 0. The van der Waals surface area contributed by atoms with Crippen LogP contribution in [0.15, 0.2) is 0 Å². The third kappa shape index (κ3) is 7.88. The zero-order chi connectivity index (χ0) is 11.9. The molecular formula is C15H32. The van der Waals surface area contributed by atoms with Crippen LogP contribution in [-0.2, 0) is 0 Å². The zero-order valence-corrected chi connectivity index (χ0v) is 11.9. The van der Waals surface area contributed by atoms with Crippen LogP contribution in [0.5, 0.6) is 0 Å². The molecular weight excluding hydrogens is 180 g/mol. The summed E-state index contributed by atoms with van der Waals surface area (Å²) in [5.41, 5.74) is 0.546. The van der Waals surface area contributed by atoms with E-state index in [0.717, 1.165) is 11.8 Å². The molecule has 0 saturated carbocycles. The number of unbranched alkanes of at least 4 members (excludes halogenated alkanes) is 1. The largest absolute Gasteiger partial charge is 0.0654 e. The molecule has 0 spiro atoms. The first-order valence-corrected chi connectivity index (χ1v) is 6.91. The third-order valence-corrected chi connectivity index (χ3v) is 3.71. The topological polar surface area (TPSA) is 0 Å². The normalized spacial score (nSPS) is 16.4. The average Bonchev–Trinajstić information content (AvgIpc) is 2.13. The van der Waals surface area contributed by atoms with E-state index >= 15 is 0 Å². The average molecular weight is 212 g/mol. The Bertz CT molecular complexity index is 146. The first-order chi connectivity index (χ1) is 6.91. The van der Waals surface area contributed by atoms with Gasteiger partial charge < -0.3 is 0 Å². The number of rotatable bonds is 8. The Morgan fingerprint density at radius 3 is 2.07 bits per heavy atom. The lowest BCUT2D eigenvalue weighted by molar-refractivity contribution is 0.239. The van der Waals surface area contributed by atoms with Gasteiger partial charge in [0.15, 0.2) is 0 Å². The Hall–Kier alpha value is 0. The SMILES string of the molecule is CCCCC(C)CC(C)CC(C)(C)CC. The Morgan fingerprint density at radius 1 is 1.00 bits per heavy atom. The van der Waals surface area contributed by atoms with Gasteiger partial charge in [0, 0.05) is 0 Å². The lowest BCUT2D eigenvalue weighted by Crippen LogP contribution is -2.16. The summed E-state index contributed by atoms with van der Waals surface area (Å²) in [7, 11) is 0. The van der Waals surface area contributed by atoms with Crippen LogP contribution in [-0.4, -0.2) is 0 Å². The molecule has 0 aromatic rings. The second kappa shape index (κ2) is 7.30. The van der Waals surface area contributed by atoms with Crippen molar-refractivity contribution in [1.82, 2.24) is 0 Å². The summed E-state index contributed by atoms with van der Waals surface area (Å²) < 4.78 is 0. The Balaban J connectivity index is 3.77. The van der Waals surface area contributed by atoms with E-state index in [2.05, 4.69) is 41.5 Å². The summed E-state index contributed by atoms with van der Waals surface area (Å²) >= 11 is 0. The lowest BCUT2D eigenvalue weighted by Gasteiger charge is -2.28. The molecule has 0 heterocycles. The van der Waals surface area contributed by atoms with Gasteiger partial charge in [0.1, 0.15) is 0 Å². The van der Waals surface area contributed by atoms with Crippen LogP contribution >= 0.6 is 0 Å². The van der Waals surface area contributed by atoms with Crippen molar-refractivity contribution in [2.45, 2.75) is 80.1 Å². The van der Waals surface area contributed by atoms with E-state index in [1.165, 1.54) is 38.5 Å². The first kappa shape index (κ1) is 15.0. The first-order valence-electron chi connectivity index (χ1n) is 6.91. The van der Waals surface area contributed by atoms with Crippen molar-refractivity contribution in [3.63, 3.8) is 0 Å². The van der Waals surface area contributed by atoms with Crippen LogP contribution in [0.25, 0.3) is 0 Å². The van der Waals surface area contributed by atoms with E-state index in [1.54, 1.807) is 0 Å². The highest BCUT2D eigenvalue weighted by atomic mass is 14.3. The van der Waals surface area contributed by atoms with Crippen molar-refractivity contribution >= 4 is 0 Å². The minimum Gasteiger partial charge on any atom is -0.0654 e. The van der Waals surface area contributed by atoms with Gasteiger partial charge in [0.2, 0.25) is 0 Å². The van der Waals surface area contributed by atoms with Gasteiger partial charge in [-0.3, -0.25) is 0 Å². The molecule has 0 heteroatoms. The molecule has 2 atom stereocenters. The molecule has 0 saturated heterocycles. The van der Waals surface area contributed by atoms with E-state index in [9.17, 15) is 0 Å². The highest BCUT2D eigenvalue weighted by Gasteiger charge is 2.19. The van der Waals surface area contributed by atoms with E-state index in [0.29, 0.717) is 5.41 Å². The highest BCUT2D eigenvalue weighted by Crippen LogP contribution is 2.32. The van der Waals surface area contributed by atoms with Crippen LogP contribution in [0.3, 0.4) is 0 Å². The van der Waals surface area contributed by atoms with Crippen molar-refractivity contribution in [1.29, 1.82) is 0 Å². The summed E-state index contributed by atoms with van der Waals surface area (Å²) in [6.07, 6.45) is 8.29. The van der Waals surface area contributed by atoms with E-state index in [-0.39, 0.29) is 0 Å². The molecule has 0 N–H and O–H groups in total. The molecule has 92 valence electrons. The van der Waals surface area contributed by atoms with Crippen molar-refractivity contribution < 1.29 is 0 Å². The predicted molar refractivity (Wildman–Crippen MR) is 71.2 cm³/mol. The molecule has 0 aromatic carbocycles. The fraction of sp³-hybridized carbons (Fsp3) is 1.00. The molecule has 0 aliphatic rings. The van der Waals surface area contributed by atoms with Crippen LogP contribution in [0.1, 0.15) is 80.1 Å². The minimum atomic E-state index is 0.546. The molecule has 2 unspecified atom stereocenters. The monoisotopic (exact) mass is 212 g/mol. The van der Waals surface area contributed by atoms with E-state index in [4.69, 9.17) is 0 Å². The fourth-order valence-corrected chi connectivity index (χ4v) is 2.53. The van der Waals surface area contributed by atoms with Crippen molar-refractivity contribution in [3.05, 3.63) is 0 Å². The van der Waals surface area contributed by atoms with E-state index in [1.807, 2.05) is 0 Å². The maximum atomic E-state index is 2.43. The van der Waals surface area contributed by atoms with Gasteiger partial charge in [-0.25, -0.2) is 0 Å². The summed E-state index contributed by atoms with van der Waals surface area (Å²) in [5, 5.41) is 0. The van der Waals surface area contributed by atoms with E-state index < -0.39 is 0 Å². The Kier molecular flexibility index (Phi) is 7.30. The summed E-state index contributed by atoms with van der Waals surface area (Å²) in [5.74, 6) is 1.82. The molecule has 0 fully saturated rings. The molecule has 0 amide bonds. The molecule has 0 aromatic heterocycles. The standard InChI is InChI=1S/C15H32/c1-7-9-10-13(3)11-14(4)12-15(5,6)8-2/h13-14H,7-12H2,1-6H3. The Morgan fingerprint density at radius 2 is 1.60 bits per heavy atom. The summed E-state index contributed by atoms with van der Waals surface area (Å²) in [4.78, 5) is 0. The van der Waals surface area contributed by atoms with Gasteiger partial charge in [-0.2, -0.15) is 0 Å². The smallest absolute Gasteiger partial charge is 0.0354 e. The summed E-state index contributed by atoms with van der Waals surface area (Å²) in [6.45, 7) is 14.3. The molecule has 0 aliphatic heterocycles. The van der Waals surface area contributed by atoms with Gasteiger partial charge in [-0.1, -0.05) is 67.2 Å². The van der Waals surface area contributed by atoms with Crippen LogP contribution in [0.4, 0.5) is 0 Å². The lowest BCUT2D eigenvalue weighted by atomic mass is 9.78. The zero-order valence-electron chi connectivity index (χ0n) is 11.9. The van der Waals surface area contributed by atoms with Crippen molar-refractivity contribution in [2.24, 2.45) is 17.3 Å². The van der Waals surface area contributed by atoms with Gasteiger partial charge in [0.25, 0.3) is 0 Å². The van der Waals surface area contributed by atoms with Crippen molar-refractivity contribution in [2.75, 3.05) is 0 Å². The molecule has 0 bridgehead atoms. The number of hydrogen-bond donors (Lipinski definition) is 0. The maximum Gasteiger partial charge on any atom is -0.0354 e. The molecule has 0 rings (SSSR count).